The molecule has 3 nitrogen and oxygen atoms in total. The zero-order valence-electron chi connectivity index (χ0n) is 6.29. The number of hydrogen-bond donors (Lipinski definition) is 1. The fourth-order valence-corrected chi connectivity index (χ4v) is 0.954. The summed E-state index contributed by atoms with van der Waals surface area (Å²) in [6.07, 6.45) is 0.489. The third-order valence-corrected chi connectivity index (χ3v) is 2.30. The van der Waals surface area contributed by atoms with Crippen molar-refractivity contribution in [1.29, 1.82) is 0 Å². The van der Waals surface area contributed by atoms with Crippen LogP contribution in [0, 0.1) is 0 Å². The molecule has 0 saturated heterocycles. The Morgan fingerprint density at radius 2 is 2.45 bits per heavy atom. The van der Waals surface area contributed by atoms with E-state index in [1.165, 1.54) is 6.08 Å². The highest BCUT2D eigenvalue weighted by atomic mass is 127. The molecule has 0 fully saturated rings. The summed E-state index contributed by atoms with van der Waals surface area (Å²) in [5.74, 6) is -0.402. The Bertz CT molecular complexity index is 147. The molecule has 0 aliphatic carbocycles. The average molecular weight is 270 g/mol. The number of ether oxygens (including phenoxy) is 1. The number of rotatable bonds is 4. The number of halogens is 1. The molecular formula is C7H11IO3. The topological polar surface area (TPSA) is 46.5 Å². The highest BCUT2D eigenvalue weighted by Crippen LogP contribution is 2.09. The van der Waals surface area contributed by atoms with Crippen molar-refractivity contribution >= 4 is 28.6 Å². The molecule has 0 radical (unpaired) electrons. The molecular weight excluding hydrogens is 259 g/mol. The Hall–Kier alpha value is -0.100. The van der Waals surface area contributed by atoms with E-state index in [4.69, 9.17) is 5.11 Å². The van der Waals surface area contributed by atoms with Gasteiger partial charge in [0.1, 0.15) is 3.92 Å². The Morgan fingerprint density at radius 3 is 2.82 bits per heavy atom. The minimum absolute atomic E-state index is 0.336. The van der Waals surface area contributed by atoms with E-state index in [2.05, 4.69) is 11.3 Å². The molecule has 0 rings (SSSR count). The van der Waals surface area contributed by atoms with Gasteiger partial charge in [-0.25, -0.2) is 0 Å². The van der Waals surface area contributed by atoms with E-state index in [0.29, 0.717) is 6.61 Å². The van der Waals surface area contributed by atoms with Gasteiger partial charge in [-0.2, -0.15) is 0 Å². The molecule has 0 saturated carbocycles. The molecule has 0 heterocycles. The smallest absolute Gasteiger partial charge is 0.321 e. The predicted molar refractivity (Wildman–Crippen MR) is 50.6 cm³/mol. The number of aliphatic hydroxyl groups is 1. The summed E-state index contributed by atoms with van der Waals surface area (Å²) in [5, 5.41) is 9.10. The van der Waals surface area contributed by atoms with Crippen LogP contribution in [0.4, 0.5) is 0 Å². The first kappa shape index (κ1) is 10.9. The first-order valence-electron chi connectivity index (χ1n) is 3.24. The molecule has 0 spiro atoms. The third-order valence-electron chi connectivity index (χ3n) is 1.05. The highest BCUT2D eigenvalue weighted by molar-refractivity contribution is 14.1. The summed E-state index contributed by atoms with van der Waals surface area (Å²) in [4.78, 5) is 10.9. The molecule has 0 amide bonds. The second kappa shape index (κ2) is 5.54. The van der Waals surface area contributed by atoms with Crippen LogP contribution in [0.3, 0.4) is 0 Å². The fraction of sp³-hybridized carbons (Fsp3) is 0.571. The molecule has 0 aliphatic rings. The molecule has 4 heteroatoms. The van der Waals surface area contributed by atoms with Crippen molar-refractivity contribution in [3.05, 3.63) is 12.7 Å². The van der Waals surface area contributed by atoms with Crippen molar-refractivity contribution in [3.63, 3.8) is 0 Å². The first-order valence-corrected chi connectivity index (χ1v) is 4.49. The second-order valence-corrected chi connectivity index (χ2v) is 3.22. The molecule has 1 N–H and O–H groups in total. The molecule has 0 unspecified atom stereocenters. The lowest BCUT2D eigenvalue weighted by atomic mass is 10.2. The lowest BCUT2D eigenvalue weighted by Crippen LogP contribution is -2.28. The lowest BCUT2D eigenvalue weighted by molar-refractivity contribution is -0.143. The number of carbonyl (C=O) groups excluding carboxylic acids is 1. The van der Waals surface area contributed by atoms with Gasteiger partial charge in [-0.15, -0.1) is 6.58 Å². The zero-order valence-corrected chi connectivity index (χ0v) is 8.45. The van der Waals surface area contributed by atoms with Crippen molar-refractivity contribution < 1.29 is 14.6 Å². The quantitative estimate of drug-likeness (QED) is 0.357. The van der Waals surface area contributed by atoms with Gasteiger partial charge in [0.25, 0.3) is 0 Å². The summed E-state index contributed by atoms with van der Waals surface area (Å²) < 4.78 is 4.12. The van der Waals surface area contributed by atoms with Crippen LogP contribution in [0.15, 0.2) is 12.7 Å². The minimum Gasteiger partial charge on any atom is -0.465 e. The van der Waals surface area contributed by atoms with Gasteiger partial charge in [-0.1, -0.05) is 28.7 Å². The summed E-state index contributed by atoms with van der Waals surface area (Å²) in [7, 11) is 0. The summed E-state index contributed by atoms with van der Waals surface area (Å²) in [6, 6.07) is 0. The van der Waals surface area contributed by atoms with E-state index in [1.54, 1.807) is 6.92 Å². The van der Waals surface area contributed by atoms with Crippen molar-refractivity contribution in [3.8, 4) is 0 Å². The van der Waals surface area contributed by atoms with Crippen LogP contribution in [0.2, 0.25) is 0 Å². The SMILES string of the molecule is C=C[C@H](O)[C@H](I)C(=O)OCC. The molecule has 0 aromatic heterocycles. The zero-order chi connectivity index (χ0) is 8.85. The normalized spacial score (nSPS) is 15.2. The molecule has 0 aliphatic heterocycles. The highest BCUT2D eigenvalue weighted by Gasteiger charge is 2.21. The largest absolute Gasteiger partial charge is 0.465 e. The summed E-state index contributed by atoms with van der Waals surface area (Å²) in [6.45, 7) is 5.42. The summed E-state index contributed by atoms with van der Waals surface area (Å²) >= 11 is 1.82. The number of hydrogen-bond acceptors (Lipinski definition) is 3. The van der Waals surface area contributed by atoms with Crippen molar-refractivity contribution in [1.82, 2.24) is 0 Å². The molecule has 2 atom stereocenters. The minimum atomic E-state index is -0.824. The van der Waals surface area contributed by atoms with Gasteiger partial charge in [0.15, 0.2) is 0 Å². The van der Waals surface area contributed by atoms with Crippen LogP contribution in [-0.2, 0) is 9.53 Å². The van der Waals surface area contributed by atoms with E-state index < -0.39 is 16.0 Å². The molecule has 0 aromatic rings. The monoisotopic (exact) mass is 270 g/mol. The number of esters is 1. The summed E-state index contributed by atoms with van der Waals surface area (Å²) in [5.41, 5.74) is 0. The van der Waals surface area contributed by atoms with E-state index >= 15 is 0 Å². The van der Waals surface area contributed by atoms with Crippen LogP contribution in [0.25, 0.3) is 0 Å². The van der Waals surface area contributed by atoms with Gasteiger partial charge in [0.2, 0.25) is 0 Å². The van der Waals surface area contributed by atoms with Gasteiger partial charge in [-0.3, -0.25) is 4.79 Å². The van der Waals surface area contributed by atoms with E-state index in [0.717, 1.165) is 0 Å². The van der Waals surface area contributed by atoms with E-state index in [9.17, 15) is 4.79 Å². The predicted octanol–water partition coefficient (Wildman–Crippen LogP) is 0.900. The number of aliphatic hydroxyl groups excluding tert-OH is 1. The van der Waals surface area contributed by atoms with Gasteiger partial charge in [0.05, 0.1) is 12.7 Å². The van der Waals surface area contributed by atoms with Crippen LogP contribution in [0.1, 0.15) is 6.92 Å². The maximum atomic E-state index is 10.9. The van der Waals surface area contributed by atoms with Crippen LogP contribution < -0.4 is 0 Å². The Labute approximate surface area is 79.6 Å². The van der Waals surface area contributed by atoms with Crippen molar-refractivity contribution in [2.24, 2.45) is 0 Å². The van der Waals surface area contributed by atoms with Gasteiger partial charge < -0.3 is 9.84 Å². The molecule has 0 aromatic carbocycles. The van der Waals surface area contributed by atoms with Crippen LogP contribution in [0.5, 0.6) is 0 Å². The standard InChI is InChI=1S/C7H11IO3/c1-3-5(9)6(8)7(10)11-4-2/h3,5-6,9H,1,4H2,2H3/t5-,6-/m0/s1. The van der Waals surface area contributed by atoms with Crippen molar-refractivity contribution in [2.75, 3.05) is 6.61 Å². The van der Waals surface area contributed by atoms with Crippen LogP contribution >= 0.6 is 22.6 Å². The maximum absolute atomic E-state index is 10.9. The van der Waals surface area contributed by atoms with Gasteiger partial charge >= 0.3 is 5.97 Å². The number of carbonyl (C=O) groups is 1. The Kier molecular flexibility index (Phi) is 5.49. The second-order valence-electron chi connectivity index (χ2n) is 1.88. The van der Waals surface area contributed by atoms with Crippen molar-refractivity contribution in [2.45, 2.75) is 17.0 Å². The van der Waals surface area contributed by atoms with E-state index in [-0.39, 0.29) is 0 Å². The molecule has 64 valence electrons. The molecule has 0 bridgehead atoms. The Balaban J connectivity index is 3.90. The van der Waals surface area contributed by atoms with Gasteiger partial charge in [0, 0.05) is 0 Å². The average Bonchev–Trinajstić information content (AvgIpc) is 2.02. The van der Waals surface area contributed by atoms with Gasteiger partial charge in [-0.05, 0) is 6.92 Å². The first-order chi connectivity index (χ1) is 5.13. The lowest BCUT2D eigenvalue weighted by Gasteiger charge is -2.11. The Morgan fingerprint density at radius 1 is 1.91 bits per heavy atom. The number of alkyl halides is 1. The third kappa shape index (κ3) is 3.71. The van der Waals surface area contributed by atoms with E-state index in [1.807, 2.05) is 22.6 Å². The fourth-order valence-electron chi connectivity index (χ4n) is 0.481. The molecule has 11 heavy (non-hydrogen) atoms. The van der Waals surface area contributed by atoms with Crippen LogP contribution in [-0.4, -0.2) is 27.7 Å². The maximum Gasteiger partial charge on any atom is 0.321 e.